The molecule has 1 aromatic heterocycles. The third-order valence-electron chi connectivity index (χ3n) is 3.70. The lowest BCUT2D eigenvalue weighted by Crippen LogP contribution is -2.52. The van der Waals surface area contributed by atoms with Crippen molar-refractivity contribution in [2.75, 3.05) is 50.7 Å². The number of likely N-dealkylation sites (N-methyl/N-ethyl adjacent to an activating group) is 1. The second-order valence-electron chi connectivity index (χ2n) is 5.44. The third kappa shape index (κ3) is 6.57. The molecule has 2 N–H and O–H groups in total. The lowest BCUT2D eigenvalue weighted by atomic mass is 10.3. The quantitative estimate of drug-likeness (QED) is 0.358. The standard InChI is InChI=1S/C15H27N7OS.HI/c1-4-12-19-15(24-20-12)22-9-7-21(8-10-22)14(17-6-3)18-11-13(23)16-5-2;/h4-11H2,1-3H3,(H,16,23)(H,17,18);1H. The van der Waals surface area contributed by atoms with Gasteiger partial charge in [-0.15, -0.1) is 24.0 Å². The van der Waals surface area contributed by atoms with Crippen LogP contribution in [0.2, 0.25) is 0 Å². The van der Waals surface area contributed by atoms with Crippen LogP contribution in [0.4, 0.5) is 5.13 Å². The number of amides is 1. The van der Waals surface area contributed by atoms with E-state index in [1.54, 1.807) is 0 Å². The zero-order valence-corrected chi connectivity index (χ0v) is 18.3. The van der Waals surface area contributed by atoms with Crippen LogP contribution in [-0.2, 0) is 11.2 Å². The smallest absolute Gasteiger partial charge is 0.241 e. The van der Waals surface area contributed by atoms with E-state index in [2.05, 4.69) is 41.7 Å². The molecule has 1 amide bonds. The first-order chi connectivity index (χ1) is 11.7. The van der Waals surface area contributed by atoms with Crippen LogP contribution in [0.3, 0.4) is 0 Å². The van der Waals surface area contributed by atoms with Crippen LogP contribution in [0.5, 0.6) is 0 Å². The Bertz CT molecular complexity index is 558. The Morgan fingerprint density at radius 1 is 1.16 bits per heavy atom. The number of guanidine groups is 1. The van der Waals surface area contributed by atoms with Gasteiger partial charge in [-0.1, -0.05) is 6.92 Å². The molecule has 0 bridgehead atoms. The molecule has 0 radical (unpaired) electrons. The Kier molecular flexibility index (Phi) is 10.0. The van der Waals surface area contributed by atoms with Crippen LogP contribution >= 0.6 is 35.5 Å². The minimum atomic E-state index is -0.0486. The third-order valence-corrected chi connectivity index (χ3v) is 4.52. The van der Waals surface area contributed by atoms with E-state index in [1.807, 2.05) is 13.8 Å². The summed E-state index contributed by atoms with van der Waals surface area (Å²) in [6.45, 7) is 11.0. The number of aromatic nitrogens is 2. The second-order valence-corrected chi connectivity index (χ2v) is 6.17. The van der Waals surface area contributed by atoms with Crippen molar-refractivity contribution in [2.24, 2.45) is 4.99 Å². The Morgan fingerprint density at radius 3 is 2.40 bits per heavy atom. The minimum Gasteiger partial charge on any atom is -0.357 e. The Balaban J connectivity index is 0.00000312. The summed E-state index contributed by atoms with van der Waals surface area (Å²) in [5, 5.41) is 7.03. The molecule has 1 saturated heterocycles. The number of carbonyl (C=O) groups excluding carboxylic acids is 1. The number of hydrogen-bond donors (Lipinski definition) is 2. The first kappa shape index (κ1) is 21.9. The Labute approximate surface area is 170 Å². The lowest BCUT2D eigenvalue weighted by molar-refractivity contribution is -0.119. The average Bonchev–Trinajstić information content (AvgIpc) is 3.08. The van der Waals surface area contributed by atoms with Crippen LogP contribution in [0.25, 0.3) is 0 Å². The molecule has 1 aliphatic heterocycles. The first-order valence-corrected chi connectivity index (χ1v) is 9.32. The van der Waals surface area contributed by atoms with Crippen molar-refractivity contribution in [1.29, 1.82) is 0 Å². The fraction of sp³-hybridized carbons (Fsp3) is 0.733. The summed E-state index contributed by atoms with van der Waals surface area (Å²) >= 11 is 1.47. The summed E-state index contributed by atoms with van der Waals surface area (Å²) < 4.78 is 4.35. The van der Waals surface area contributed by atoms with Crippen LogP contribution in [-0.4, -0.2) is 71.9 Å². The van der Waals surface area contributed by atoms with E-state index in [4.69, 9.17) is 0 Å². The van der Waals surface area contributed by atoms with Crippen molar-refractivity contribution >= 4 is 52.5 Å². The molecule has 0 aliphatic carbocycles. The zero-order valence-electron chi connectivity index (χ0n) is 15.1. The highest BCUT2D eigenvalue weighted by molar-refractivity contribution is 14.0. The average molecular weight is 481 g/mol. The van der Waals surface area contributed by atoms with E-state index >= 15 is 0 Å². The molecule has 0 aromatic carbocycles. The van der Waals surface area contributed by atoms with Gasteiger partial charge in [0.15, 0.2) is 5.96 Å². The normalized spacial score (nSPS) is 14.9. The van der Waals surface area contributed by atoms with E-state index in [1.165, 1.54) is 11.5 Å². The van der Waals surface area contributed by atoms with Crippen LogP contribution in [0.1, 0.15) is 26.6 Å². The molecule has 8 nitrogen and oxygen atoms in total. The van der Waals surface area contributed by atoms with Crippen molar-refractivity contribution in [1.82, 2.24) is 24.9 Å². The highest BCUT2D eigenvalue weighted by Crippen LogP contribution is 2.19. The second kappa shape index (κ2) is 11.4. The molecule has 2 heterocycles. The summed E-state index contributed by atoms with van der Waals surface area (Å²) in [5.41, 5.74) is 0. The number of anilines is 1. The van der Waals surface area contributed by atoms with Crippen LogP contribution in [0, 0.1) is 0 Å². The molecule has 0 spiro atoms. The SMILES string of the molecule is CCNC(=O)CN=C(NCC)N1CCN(c2nc(CC)ns2)CC1.I. The van der Waals surface area contributed by atoms with E-state index < -0.39 is 0 Å². The van der Waals surface area contributed by atoms with Crippen LogP contribution in [0.15, 0.2) is 4.99 Å². The molecule has 0 unspecified atom stereocenters. The van der Waals surface area contributed by atoms with Crippen molar-refractivity contribution < 1.29 is 4.79 Å². The largest absolute Gasteiger partial charge is 0.357 e. The van der Waals surface area contributed by atoms with E-state index in [-0.39, 0.29) is 36.4 Å². The summed E-state index contributed by atoms with van der Waals surface area (Å²) in [7, 11) is 0. The highest BCUT2D eigenvalue weighted by atomic mass is 127. The maximum Gasteiger partial charge on any atom is 0.241 e. The van der Waals surface area contributed by atoms with Gasteiger partial charge in [-0.2, -0.15) is 4.37 Å². The van der Waals surface area contributed by atoms with Gasteiger partial charge in [-0.05, 0) is 13.8 Å². The van der Waals surface area contributed by atoms with Gasteiger partial charge in [0, 0.05) is 57.2 Å². The molecule has 1 fully saturated rings. The van der Waals surface area contributed by atoms with Crippen LogP contribution < -0.4 is 15.5 Å². The molecule has 142 valence electrons. The number of nitrogens with one attached hydrogen (secondary N) is 2. The summed E-state index contributed by atoms with van der Waals surface area (Å²) in [4.78, 5) is 25.1. The zero-order chi connectivity index (χ0) is 17.4. The lowest BCUT2D eigenvalue weighted by Gasteiger charge is -2.36. The predicted molar refractivity (Wildman–Crippen MR) is 113 cm³/mol. The number of hydrogen-bond acceptors (Lipinski definition) is 6. The monoisotopic (exact) mass is 481 g/mol. The predicted octanol–water partition coefficient (Wildman–Crippen LogP) is 0.942. The number of carbonyl (C=O) groups is 1. The highest BCUT2D eigenvalue weighted by Gasteiger charge is 2.22. The Hall–Kier alpha value is -1.17. The van der Waals surface area contributed by atoms with Crippen molar-refractivity contribution in [3.63, 3.8) is 0 Å². The summed E-state index contributed by atoms with van der Waals surface area (Å²) in [6, 6.07) is 0. The number of piperazine rings is 1. The molecule has 0 atom stereocenters. The number of rotatable bonds is 6. The molecule has 10 heteroatoms. The fourth-order valence-electron chi connectivity index (χ4n) is 2.45. The van der Waals surface area contributed by atoms with Gasteiger partial charge < -0.3 is 20.4 Å². The number of halogens is 1. The number of aliphatic imine (C=N–C) groups is 1. The number of nitrogens with zero attached hydrogens (tertiary/aromatic N) is 5. The van der Waals surface area contributed by atoms with E-state index in [0.29, 0.717) is 6.54 Å². The molecular formula is C15H28IN7OS. The first-order valence-electron chi connectivity index (χ1n) is 8.55. The molecule has 25 heavy (non-hydrogen) atoms. The van der Waals surface area contributed by atoms with Gasteiger partial charge in [0.05, 0.1) is 0 Å². The topological polar surface area (TPSA) is 85.8 Å². The maximum absolute atomic E-state index is 11.6. The fourth-order valence-corrected chi connectivity index (χ4v) is 3.25. The summed E-state index contributed by atoms with van der Waals surface area (Å²) in [5.74, 6) is 1.66. The van der Waals surface area contributed by atoms with Gasteiger partial charge in [-0.3, -0.25) is 4.79 Å². The maximum atomic E-state index is 11.6. The molecule has 2 rings (SSSR count). The van der Waals surface area contributed by atoms with Gasteiger partial charge >= 0.3 is 0 Å². The van der Waals surface area contributed by atoms with Gasteiger partial charge in [-0.25, -0.2) is 9.98 Å². The van der Waals surface area contributed by atoms with Gasteiger partial charge in [0.25, 0.3) is 0 Å². The van der Waals surface area contributed by atoms with Crippen molar-refractivity contribution in [3.8, 4) is 0 Å². The molecule has 1 aromatic rings. The van der Waals surface area contributed by atoms with E-state index in [9.17, 15) is 4.79 Å². The Morgan fingerprint density at radius 2 is 1.84 bits per heavy atom. The minimum absolute atomic E-state index is 0. The van der Waals surface area contributed by atoms with Gasteiger partial charge in [0.2, 0.25) is 11.0 Å². The number of aryl methyl sites for hydroxylation is 1. The molecule has 0 saturated carbocycles. The van der Waals surface area contributed by atoms with E-state index in [0.717, 1.165) is 56.1 Å². The molecular weight excluding hydrogens is 453 g/mol. The summed E-state index contributed by atoms with van der Waals surface area (Å²) in [6.07, 6.45) is 0.869. The molecule has 1 aliphatic rings. The van der Waals surface area contributed by atoms with Gasteiger partial charge in [0.1, 0.15) is 12.4 Å². The van der Waals surface area contributed by atoms with Crippen molar-refractivity contribution in [2.45, 2.75) is 27.2 Å². The van der Waals surface area contributed by atoms with Crippen molar-refractivity contribution in [3.05, 3.63) is 5.82 Å².